The quantitative estimate of drug-likeness (QED) is 0.485. The summed E-state index contributed by atoms with van der Waals surface area (Å²) in [4.78, 5) is 25.3. The molecule has 2 heterocycles. The normalized spacial score (nSPS) is 11.1. The van der Waals surface area contributed by atoms with Crippen LogP contribution in [0.25, 0.3) is 22.6 Å². The summed E-state index contributed by atoms with van der Waals surface area (Å²) < 4.78 is 31.5. The van der Waals surface area contributed by atoms with Crippen molar-refractivity contribution in [3.63, 3.8) is 0 Å². The number of esters is 2. The molecule has 8 nitrogen and oxygen atoms in total. The standard InChI is InChI=1S/C21H21ClFN3O5/c1-5-30-21(28)18-12(9-24-26(18)10-11(2)3)19-16(20(27)29-4)17(25-31-19)15-13(22)7-6-8-14(15)23/h6-9,11H,5,10H2,1-4H3. The van der Waals surface area contributed by atoms with Crippen molar-refractivity contribution in [2.75, 3.05) is 13.7 Å². The molecule has 0 unspecified atom stereocenters. The largest absolute Gasteiger partial charge is 0.465 e. The first-order valence-corrected chi connectivity index (χ1v) is 9.93. The van der Waals surface area contributed by atoms with Gasteiger partial charge in [-0.15, -0.1) is 0 Å². The van der Waals surface area contributed by atoms with Crippen LogP contribution in [0.2, 0.25) is 5.02 Å². The van der Waals surface area contributed by atoms with Gasteiger partial charge in [0.1, 0.15) is 17.1 Å². The predicted molar refractivity (Wildman–Crippen MR) is 110 cm³/mol. The first-order valence-electron chi connectivity index (χ1n) is 9.55. The molecular weight excluding hydrogens is 429 g/mol. The molecule has 0 aliphatic carbocycles. The zero-order valence-corrected chi connectivity index (χ0v) is 18.2. The lowest BCUT2D eigenvalue weighted by Gasteiger charge is -2.10. The zero-order chi connectivity index (χ0) is 22.7. The van der Waals surface area contributed by atoms with E-state index in [1.807, 2.05) is 13.8 Å². The highest BCUT2D eigenvalue weighted by molar-refractivity contribution is 6.33. The number of carbonyl (C=O) groups is 2. The van der Waals surface area contributed by atoms with E-state index in [9.17, 15) is 14.0 Å². The first-order chi connectivity index (χ1) is 14.8. The molecule has 31 heavy (non-hydrogen) atoms. The van der Waals surface area contributed by atoms with Gasteiger partial charge < -0.3 is 14.0 Å². The van der Waals surface area contributed by atoms with Gasteiger partial charge in [0.05, 0.1) is 36.1 Å². The molecular formula is C21H21ClFN3O5. The molecule has 0 atom stereocenters. The van der Waals surface area contributed by atoms with Crippen LogP contribution >= 0.6 is 11.6 Å². The summed E-state index contributed by atoms with van der Waals surface area (Å²) in [6.07, 6.45) is 1.37. The second-order valence-corrected chi connectivity index (χ2v) is 7.43. The summed E-state index contributed by atoms with van der Waals surface area (Å²) in [6, 6.07) is 4.07. The molecule has 1 aromatic carbocycles. The molecule has 0 spiro atoms. The van der Waals surface area contributed by atoms with Crippen molar-refractivity contribution < 1.29 is 28.0 Å². The Morgan fingerprint density at radius 1 is 1.29 bits per heavy atom. The van der Waals surface area contributed by atoms with Crippen LogP contribution in [0.1, 0.15) is 41.6 Å². The number of carbonyl (C=O) groups excluding carboxylic acids is 2. The van der Waals surface area contributed by atoms with Crippen molar-refractivity contribution in [3.05, 3.63) is 46.5 Å². The fourth-order valence-corrected chi connectivity index (χ4v) is 3.36. The van der Waals surface area contributed by atoms with E-state index in [1.54, 1.807) is 6.92 Å². The lowest BCUT2D eigenvalue weighted by atomic mass is 10.0. The van der Waals surface area contributed by atoms with Gasteiger partial charge in [0.25, 0.3) is 0 Å². The third kappa shape index (κ3) is 4.32. The summed E-state index contributed by atoms with van der Waals surface area (Å²) >= 11 is 6.16. The number of methoxy groups -OCH3 is 1. The van der Waals surface area contributed by atoms with Gasteiger partial charge in [-0.2, -0.15) is 5.10 Å². The molecule has 3 rings (SSSR count). The second-order valence-electron chi connectivity index (χ2n) is 7.03. The molecule has 10 heteroatoms. The zero-order valence-electron chi connectivity index (χ0n) is 17.4. The summed E-state index contributed by atoms with van der Waals surface area (Å²) in [5, 5.41) is 8.17. The van der Waals surface area contributed by atoms with E-state index in [1.165, 1.54) is 36.2 Å². The molecule has 0 saturated carbocycles. The van der Waals surface area contributed by atoms with Crippen LogP contribution in [-0.4, -0.2) is 40.6 Å². The molecule has 0 bridgehead atoms. The van der Waals surface area contributed by atoms with Crippen molar-refractivity contribution in [3.8, 4) is 22.6 Å². The van der Waals surface area contributed by atoms with Crippen molar-refractivity contribution >= 4 is 23.5 Å². The summed E-state index contributed by atoms with van der Waals surface area (Å²) in [5.41, 5.74) is -0.180. The maximum atomic E-state index is 14.5. The number of hydrogen-bond donors (Lipinski definition) is 0. The average molecular weight is 450 g/mol. The van der Waals surface area contributed by atoms with Crippen LogP contribution < -0.4 is 0 Å². The van der Waals surface area contributed by atoms with Crippen LogP contribution in [0.3, 0.4) is 0 Å². The van der Waals surface area contributed by atoms with Crippen LogP contribution in [-0.2, 0) is 16.0 Å². The fourth-order valence-electron chi connectivity index (χ4n) is 3.11. The minimum atomic E-state index is -0.836. The van der Waals surface area contributed by atoms with Gasteiger partial charge in [0.15, 0.2) is 11.5 Å². The van der Waals surface area contributed by atoms with Crippen molar-refractivity contribution in [1.82, 2.24) is 14.9 Å². The van der Waals surface area contributed by atoms with E-state index >= 15 is 0 Å². The first kappa shape index (κ1) is 22.5. The Labute approximate surface area is 182 Å². The van der Waals surface area contributed by atoms with Gasteiger partial charge in [-0.3, -0.25) is 4.68 Å². The van der Waals surface area contributed by atoms with Gasteiger partial charge in [0.2, 0.25) is 0 Å². The van der Waals surface area contributed by atoms with Crippen LogP contribution in [0.15, 0.2) is 28.9 Å². The number of hydrogen-bond acceptors (Lipinski definition) is 7. The second kappa shape index (κ2) is 9.30. The topological polar surface area (TPSA) is 96.5 Å². The Morgan fingerprint density at radius 3 is 2.65 bits per heavy atom. The number of aromatic nitrogens is 3. The number of benzene rings is 1. The Hall–Kier alpha value is -3.20. The number of rotatable bonds is 7. The molecule has 3 aromatic rings. The maximum absolute atomic E-state index is 14.5. The summed E-state index contributed by atoms with van der Waals surface area (Å²) in [7, 11) is 1.17. The number of nitrogens with zero attached hydrogens (tertiary/aromatic N) is 3. The molecule has 0 aliphatic rings. The minimum Gasteiger partial charge on any atom is -0.465 e. The lowest BCUT2D eigenvalue weighted by molar-refractivity contribution is 0.0510. The van der Waals surface area contributed by atoms with Crippen LogP contribution in [0.5, 0.6) is 0 Å². The number of halogens is 2. The molecule has 0 amide bonds. The van der Waals surface area contributed by atoms with E-state index in [2.05, 4.69) is 10.3 Å². The maximum Gasteiger partial charge on any atom is 0.357 e. The Morgan fingerprint density at radius 2 is 2.03 bits per heavy atom. The van der Waals surface area contributed by atoms with E-state index in [0.717, 1.165) is 0 Å². The van der Waals surface area contributed by atoms with E-state index < -0.39 is 17.8 Å². The Bertz CT molecular complexity index is 1100. The van der Waals surface area contributed by atoms with E-state index in [0.29, 0.717) is 6.54 Å². The summed E-state index contributed by atoms with van der Waals surface area (Å²) in [5.74, 6) is -2.10. The van der Waals surface area contributed by atoms with Crippen molar-refractivity contribution in [1.29, 1.82) is 0 Å². The third-order valence-electron chi connectivity index (χ3n) is 4.37. The molecule has 0 saturated heterocycles. The average Bonchev–Trinajstić information content (AvgIpc) is 3.31. The van der Waals surface area contributed by atoms with E-state index in [4.69, 9.17) is 25.6 Å². The minimum absolute atomic E-state index is 0.0334. The monoisotopic (exact) mass is 449 g/mol. The van der Waals surface area contributed by atoms with Gasteiger partial charge in [-0.25, -0.2) is 14.0 Å². The smallest absolute Gasteiger partial charge is 0.357 e. The van der Waals surface area contributed by atoms with Crippen LogP contribution in [0, 0.1) is 11.7 Å². The fraction of sp³-hybridized carbons (Fsp3) is 0.333. The lowest BCUT2D eigenvalue weighted by Crippen LogP contribution is -2.17. The van der Waals surface area contributed by atoms with E-state index in [-0.39, 0.29) is 51.4 Å². The molecule has 0 N–H and O–H groups in total. The SMILES string of the molecule is CCOC(=O)c1c(-c2onc(-c3c(F)cccc3Cl)c2C(=O)OC)cnn1CC(C)C. The molecule has 0 aliphatic heterocycles. The number of ether oxygens (including phenoxy) is 2. The predicted octanol–water partition coefficient (Wildman–Crippen LogP) is 4.62. The molecule has 0 fully saturated rings. The molecule has 2 aromatic heterocycles. The molecule has 0 radical (unpaired) electrons. The van der Waals surface area contributed by atoms with Crippen LogP contribution in [0.4, 0.5) is 4.39 Å². The highest BCUT2D eigenvalue weighted by Gasteiger charge is 2.33. The van der Waals surface area contributed by atoms with Gasteiger partial charge >= 0.3 is 11.9 Å². The van der Waals surface area contributed by atoms with Gasteiger partial charge in [-0.05, 0) is 25.0 Å². The Kier molecular flexibility index (Phi) is 6.74. The van der Waals surface area contributed by atoms with Crippen molar-refractivity contribution in [2.45, 2.75) is 27.3 Å². The summed E-state index contributed by atoms with van der Waals surface area (Å²) in [6.45, 7) is 6.16. The van der Waals surface area contributed by atoms with Gasteiger partial charge in [-0.1, -0.05) is 36.7 Å². The van der Waals surface area contributed by atoms with Crippen molar-refractivity contribution in [2.24, 2.45) is 5.92 Å². The Balaban J connectivity index is 2.27. The highest BCUT2D eigenvalue weighted by atomic mass is 35.5. The highest BCUT2D eigenvalue weighted by Crippen LogP contribution is 2.38. The molecule has 164 valence electrons. The third-order valence-corrected chi connectivity index (χ3v) is 4.69. The van der Waals surface area contributed by atoms with Gasteiger partial charge in [0, 0.05) is 6.54 Å².